The van der Waals surface area contributed by atoms with Crippen LogP contribution >= 0.6 is 0 Å². The third-order valence-corrected chi connectivity index (χ3v) is 3.14. The molecular weight excluding hydrogens is 242 g/mol. The fourth-order valence-corrected chi connectivity index (χ4v) is 2.39. The van der Waals surface area contributed by atoms with Crippen molar-refractivity contribution in [2.45, 2.75) is 39.8 Å². The summed E-state index contributed by atoms with van der Waals surface area (Å²) in [7, 11) is 0. The summed E-state index contributed by atoms with van der Waals surface area (Å²) in [4.78, 5) is 14.4. The molecule has 1 aromatic carbocycles. The molecule has 0 saturated carbocycles. The van der Waals surface area contributed by atoms with Gasteiger partial charge in [-0.2, -0.15) is 0 Å². The van der Waals surface area contributed by atoms with Gasteiger partial charge in [-0.25, -0.2) is 0 Å². The first-order valence-electron chi connectivity index (χ1n) is 6.73. The number of fused-ring (bicyclic) bond motifs is 1. The molecule has 0 unspecified atom stereocenters. The Morgan fingerprint density at radius 2 is 1.63 bits per heavy atom. The number of hydrogen-bond donors (Lipinski definition) is 0. The summed E-state index contributed by atoms with van der Waals surface area (Å²) in [5.74, 6) is 1.40. The van der Waals surface area contributed by atoms with E-state index in [9.17, 15) is 4.79 Å². The zero-order chi connectivity index (χ0) is 14.0. The predicted molar refractivity (Wildman–Crippen MR) is 73.9 cm³/mol. The minimum absolute atomic E-state index is 0.0296. The second-order valence-corrected chi connectivity index (χ2v) is 5.26. The second kappa shape index (κ2) is 5.51. The van der Waals surface area contributed by atoms with Gasteiger partial charge in [0.05, 0.1) is 0 Å². The monoisotopic (exact) mass is 263 g/mol. The van der Waals surface area contributed by atoms with E-state index in [1.165, 1.54) is 0 Å². The largest absolute Gasteiger partial charge is 0.486 e. The van der Waals surface area contributed by atoms with Crippen LogP contribution in [0.3, 0.4) is 0 Å². The molecule has 0 spiro atoms. The molecule has 4 heteroatoms. The van der Waals surface area contributed by atoms with Gasteiger partial charge >= 0.3 is 0 Å². The first-order chi connectivity index (χ1) is 9.00. The number of carbonyl (C=O) groups excluding carboxylic acids is 1. The van der Waals surface area contributed by atoms with Gasteiger partial charge in [0.25, 0.3) is 5.91 Å². The summed E-state index contributed by atoms with van der Waals surface area (Å²) in [6.07, 6.45) is 0. The van der Waals surface area contributed by atoms with Crippen molar-refractivity contribution in [3.05, 3.63) is 23.8 Å². The molecule has 1 aromatic rings. The molecule has 0 radical (unpaired) electrons. The Balaban J connectivity index is 2.28. The minimum atomic E-state index is 0.0296. The van der Waals surface area contributed by atoms with Crippen LogP contribution in [0.1, 0.15) is 38.1 Å². The number of ether oxygens (including phenoxy) is 2. The molecule has 1 aliphatic rings. The number of amides is 1. The van der Waals surface area contributed by atoms with Gasteiger partial charge in [-0.05, 0) is 45.9 Å². The highest BCUT2D eigenvalue weighted by atomic mass is 16.6. The molecule has 4 nitrogen and oxygen atoms in total. The van der Waals surface area contributed by atoms with E-state index < -0.39 is 0 Å². The van der Waals surface area contributed by atoms with E-state index in [-0.39, 0.29) is 18.0 Å². The summed E-state index contributed by atoms with van der Waals surface area (Å²) >= 11 is 0. The topological polar surface area (TPSA) is 38.8 Å². The predicted octanol–water partition coefficient (Wildman–Crippen LogP) is 2.72. The van der Waals surface area contributed by atoms with E-state index >= 15 is 0 Å². The minimum Gasteiger partial charge on any atom is -0.486 e. The zero-order valence-electron chi connectivity index (χ0n) is 12.0. The van der Waals surface area contributed by atoms with Gasteiger partial charge in [-0.15, -0.1) is 0 Å². The van der Waals surface area contributed by atoms with E-state index in [1.807, 2.05) is 32.6 Å². The molecule has 0 aromatic heterocycles. The lowest BCUT2D eigenvalue weighted by Gasteiger charge is -2.31. The molecule has 1 aliphatic heterocycles. The third kappa shape index (κ3) is 2.83. The summed E-state index contributed by atoms with van der Waals surface area (Å²) in [5, 5.41) is 0. The molecule has 0 N–H and O–H groups in total. The van der Waals surface area contributed by atoms with Crippen LogP contribution in [-0.2, 0) is 0 Å². The van der Waals surface area contributed by atoms with Gasteiger partial charge in [0.15, 0.2) is 11.5 Å². The van der Waals surface area contributed by atoms with E-state index in [0.717, 1.165) is 0 Å². The average Bonchev–Trinajstić information content (AvgIpc) is 2.37. The average molecular weight is 263 g/mol. The molecular formula is C15H21NO3. The SMILES string of the molecule is CC(C)N(C(=O)c1ccc2c(c1)OCCO2)C(C)C. The Labute approximate surface area is 114 Å². The highest BCUT2D eigenvalue weighted by Crippen LogP contribution is 2.31. The maximum absolute atomic E-state index is 12.5. The van der Waals surface area contributed by atoms with E-state index in [1.54, 1.807) is 18.2 Å². The molecule has 1 amide bonds. The molecule has 2 rings (SSSR count). The highest BCUT2D eigenvalue weighted by molar-refractivity contribution is 5.95. The smallest absolute Gasteiger partial charge is 0.254 e. The fourth-order valence-electron chi connectivity index (χ4n) is 2.39. The van der Waals surface area contributed by atoms with Crippen molar-refractivity contribution in [1.82, 2.24) is 4.90 Å². The lowest BCUT2D eigenvalue weighted by Crippen LogP contribution is -2.42. The molecule has 0 saturated heterocycles. The Morgan fingerprint density at radius 3 is 2.21 bits per heavy atom. The van der Waals surface area contributed by atoms with Crippen molar-refractivity contribution in [2.24, 2.45) is 0 Å². The van der Waals surface area contributed by atoms with Crippen LogP contribution in [0.25, 0.3) is 0 Å². The van der Waals surface area contributed by atoms with Crippen molar-refractivity contribution in [3.8, 4) is 11.5 Å². The van der Waals surface area contributed by atoms with Crippen molar-refractivity contribution in [2.75, 3.05) is 13.2 Å². The maximum atomic E-state index is 12.5. The molecule has 0 aliphatic carbocycles. The van der Waals surface area contributed by atoms with Crippen LogP contribution in [0.15, 0.2) is 18.2 Å². The summed E-state index contributed by atoms with van der Waals surface area (Å²) in [6.45, 7) is 9.19. The lowest BCUT2D eigenvalue weighted by molar-refractivity contribution is 0.0642. The quantitative estimate of drug-likeness (QED) is 0.841. The van der Waals surface area contributed by atoms with E-state index in [2.05, 4.69) is 0 Å². The number of carbonyl (C=O) groups is 1. The Bertz CT molecular complexity index is 460. The molecule has 0 atom stereocenters. The summed E-state index contributed by atoms with van der Waals surface area (Å²) < 4.78 is 11.0. The Morgan fingerprint density at radius 1 is 1.05 bits per heavy atom. The molecule has 1 heterocycles. The molecule has 104 valence electrons. The van der Waals surface area contributed by atoms with Gasteiger partial charge < -0.3 is 14.4 Å². The normalized spacial score (nSPS) is 13.8. The van der Waals surface area contributed by atoms with Gasteiger partial charge in [0.1, 0.15) is 13.2 Å². The fraction of sp³-hybridized carbons (Fsp3) is 0.533. The van der Waals surface area contributed by atoms with Crippen molar-refractivity contribution >= 4 is 5.91 Å². The first-order valence-corrected chi connectivity index (χ1v) is 6.73. The Kier molecular flexibility index (Phi) is 3.98. The van der Waals surface area contributed by atoms with Crippen LogP contribution in [0, 0.1) is 0 Å². The van der Waals surface area contributed by atoms with Crippen LogP contribution < -0.4 is 9.47 Å². The van der Waals surface area contributed by atoms with Crippen LogP contribution in [0.5, 0.6) is 11.5 Å². The van der Waals surface area contributed by atoms with Gasteiger partial charge in [-0.3, -0.25) is 4.79 Å². The molecule has 0 fully saturated rings. The first kappa shape index (κ1) is 13.7. The highest BCUT2D eigenvalue weighted by Gasteiger charge is 2.23. The van der Waals surface area contributed by atoms with E-state index in [0.29, 0.717) is 30.3 Å². The summed E-state index contributed by atoms with van der Waals surface area (Å²) in [6, 6.07) is 5.71. The molecule has 0 bridgehead atoms. The zero-order valence-corrected chi connectivity index (χ0v) is 12.0. The number of hydrogen-bond acceptors (Lipinski definition) is 3. The number of rotatable bonds is 3. The Hall–Kier alpha value is -1.71. The summed E-state index contributed by atoms with van der Waals surface area (Å²) in [5.41, 5.74) is 0.645. The second-order valence-electron chi connectivity index (χ2n) is 5.26. The van der Waals surface area contributed by atoms with Crippen molar-refractivity contribution in [1.29, 1.82) is 0 Å². The van der Waals surface area contributed by atoms with Crippen molar-refractivity contribution < 1.29 is 14.3 Å². The van der Waals surface area contributed by atoms with Gasteiger partial charge in [0, 0.05) is 17.6 Å². The van der Waals surface area contributed by atoms with Gasteiger partial charge in [-0.1, -0.05) is 0 Å². The van der Waals surface area contributed by atoms with Gasteiger partial charge in [0.2, 0.25) is 0 Å². The molecule has 19 heavy (non-hydrogen) atoms. The van der Waals surface area contributed by atoms with Crippen LogP contribution in [-0.4, -0.2) is 36.1 Å². The van der Waals surface area contributed by atoms with Crippen LogP contribution in [0.2, 0.25) is 0 Å². The third-order valence-electron chi connectivity index (χ3n) is 3.14. The number of nitrogens with zero attached hydrogens (tertiary/aromatic N) is 1. The van der Waals surface area contributed by atoms with Crippen LogP contribution in [0.4, 0.5) is 0 Å². The maximum Gasteiger partial charge on any atom is 0.254 e. The number of benzene rings is 1. The standard InChI is InChI=1S/C15H21NO3/c1-10(2)16(11(3)4)15(17)12-5-6-13-14(9-12)19-8-7-18-13/h5-6,9-11H,7-8H2,1-4H3. The lowest BCUT2D eigenvalue weighted by atomic mass is 10.1. The van der Waals surface area contributed by atoms with Crippen molar-refractivity contribution in [3.63, 3.8) is 0 Å². The van der Waals surface area contributed by atoms with E-state index in [4.69, 9.17) is 9.47 Å².